The molecule has 8 heteroatoms. The highest BCUT2D eigenvalue weighted by Crippen LogP contribution is 2.35. The maximum Gasteiger partial charge on any atom is 0.156 e. The van der Waals surface area contributed by atoms with Crippen LogP contribution in [0.5, 0.6) is 0 Å². The highest BCUT2D eigenvalue weighted by Gasteiger charge is 2.29. The van der Waals surface area contributed by atoms with Crippen molar-refractivity contribution in [2.45, 2.75) is 38.0 Å². The fourth-order valence-electron chi connectivity index (χ4n) is 3.29. The lowest BCUT2D eigenvalue weighted by Crippen LogP contribution is -2.35. The second-order valence-electron chi connectivity index (χ2n) is 6.87. The van der Waals surface area contributed by atoms with E-state index in [1.54, 1.807) is 7.11 Å². The zero-order chi connectivity index (χ0) is 18.1. The Bertz CT molecular complexity index is 906. The zero-order valence-electron chi connectivity index (χ0n) is 14.9. The molecule has 0 unspecified atom stereocenters. The minimum atomic E-state index is 0.282. The summed E-state index contributed by atoms with van der Waals surface area (Å²) in [6, 6.07) is 8.25. The van der Waals surface area contributed by atoms with Crippen molar-refractivity contribution >= 4 is 16.9 Å². The molecule has 2 aromatic heterocycles. The maximum absolute atomic E-state index is 5.94. The molecule has 0 saturated heterocycles. The Balaban J connectivity index is 1.58. The van der Waals surface area contributed by atoms with Gasteiger partial charge in [0.05, 0.1) is 0 Å². The number of nitrogens with zero attached hydrogens (tertiary/aromatic N) is 5. The Morgan fingerprint density at radius 2 is 2.00 bits per heavy atom. The molecule has 0 bridgehead atoms. The number of hydrogen-bond donors (Lipinski definition) is 1. The number of benzene rings is 1. The van der Waals surface area contributed by atoms with Gasteiger partial charge in [-0.25, -0.2) is 14.6 Å². The van der Waals surface area contributed by atoms with Crippen molar-refractivity contribution in [2.24, 2.45) is 5.73 Å². The van der Waals surface area contributed by atoms with Gasteiger partial charge in [-0.1, -0.05) is 6.07 Å². The Morgan fingerprint density at radius 1 is 1.19 bits per heavy atom. The van der Waals surface area contributed by atoms with Gasteiger partial charge < -0.3 is 15.4 Å². The highest BCUT2D eigenvalue weighted by atomic mass is 16.6. The fraction of sp³-hybridized carbons (Fsp3) is 0.444. The lowest BCUT2D eigenvalue weighted by atomic mass is 9.78. The van der Waals surface area contributed by atoms with Crippen LogP contribution in [0, 0.1) is 0 Å². The van der Waals surface area contributed by atoms with Gasteiger partial charge in [0.15, 0.2) is 5.82 Å². The number of fused-ring (bicyclic) bond motifs is 1. The van der Waals surface area contributed by atoms with Gasteiger partial charge in [0, 0.05) is 44.4 Å². The zero-order valence-corrected chi connectivity index (χ0v) is 14.9. The molecule has 1 saturated carbocycles. The van der Waals surface area contributed by atoms with Crippen LogP contribution in [-0.4, -0.2) is 40.5 Å². The first kappa shape index (κ1) is 16.9. The van der Waals surface area contributed by atoms with Crippen LogP contribution in [0.4, 0.5) is 5.82 Å². The van der Waals surface area contributed by atoms with Gasteiger partial charge in [-0.2, -0.15) is 0 Å². The van der Waals surface area contributed by atoms with Crippen LogP contribution in [0.15, 0.2) is 28.9 Å². The van der Waals surface area contributed by atoms with Gasteiger partial charge in [-0.3, -0.25) is 0 Å². The second-order valence-corrected chi connectivity index (χ2v) is 6.87. The number of ether oxygens (including phenoxy) is 1. The normalized spacial score (nSPS) is 19.5. The molecule has 2 N–H and O–H groups in total. The third-order valence-corrected chi connectivity index (χ3v) is 4.77. The van der Waals surface area contributed by atoms with Gasteiger partial charge in [-0.15, -0.1) is 0 Å². The summed E-state index contributed by atoms with van der Waals surface area (Å²) < 4.78 is 10.00. The van der Waals surface area contributed by atoms with Crippen molar-refractivity contribution in [2.75, 3.05) is 19.1 Å². The number of rotatable bonds is 6. The SMILES string of the molecule is COCc1nc(C2CC(N)C2)cc(N(C)Cc2ccc3nonc3c2)n1. The first-order chi connectivity index (χ1) is 12.6. The van der Waals surface area contributed by atoms with E-state index in [1.165, 1.54) is 0 Å². The van der Waals surface area contributed by atoms with Crippen LogP contribution in [0.2, 0.25) is 0 Å². The Morgan fingerprint density at radius 3 is 2.77 bits per heavy atom. The van der Waals surface area contributed by atoms with Crippen molar-refractivity contribution in [3.8, 4) is 0 Å². The molecule has 1 fully saturated rings. The third kappa shape index (κ3) is 3.38. The van der Waals surface area contributed by atoms with Gasteiger partial charge >= 0.3 is 0 Å². The average molecular weight is 354 g/mol. The first-order valence-electron chi connectivity index (χ1n) is 8.67. The first-order valence-corrected chi connectivity index (χ1v) is 8.67. The molecule has 1 aliphatic rings. The molecule has 26 heavy (non-hydrogen) atoms. The van der Waals surface area contributed by atoms with Gasteiger partial charge in [0.2, 0.25) is 0 Å². The molecule has 3 aromatic rings. The van der Waals surface area contributed by atoms with E-state index in [2.05, 4.69) is 31.2 Å². The lowest BCUT2D eigenvalue weighted by Gasteiger charge is -2.32. The fourth-order valence-corrected chi connectivity index (χ4v) is 3.29. The quantitative estimate of drug-likeness (QED) is 0.717. The molecule has 8 nitrogen and oxygen atoms in total. The molecule has 0 amide bonds. The Hall–Kier alpha value is -2.58. The van der Waals surface area contributed by atoms with Crippen molar-refractivity contribution in [3.05, 3.63) is 41.3 Å². The molecule has 0 aliphatic heterocycles. The van der Waals surface area contributed by atoms with Crippen molar-refractivity contribution in [1.29, 1.82) is 0 Å². The third-order valence-electron chi connectivity index (χ3n) is 4.77. The number of anilines is 1. The number of nitrogens with two attached hydrogens (primary N) is 1. The van der Waals surface area contributed by atoms with E-state index < -0.39 is 0 Å². The van der Waals surface area contributed by atoms with Gasteiger partial charge in [0.25, 0.3) is 0 Å². The van der Waals surface area contributed by atoms with Crippen LogP contribution in [0.3, 0.4) is 0 Å². The minimum absolute atomic E-state index is 0.282. The van der Waals surface area contributed by atoms with E-state index in [0.29, 0.717) is 24.9 Å². The topological polar surface area (TPSA) is 103 Å². The van der Waals surface area contributed by atoms with E-state index in [9.17, 15) is 0 Å². The van der Waals surface area contributed by atoms with Crippen LogP contribution in [-0.2, 0) is 17.9 Å². The largest absolute Gasteiger partial charge is 0.377 e. The van der Waals surface area contributed by atoms with E-state index in [-0.39, 0.29) is 6.04 Å². The molecule has 0 spiro atoms. The van der Waals surface area contributed by atoms with E-state index in [0.717, 1.165) is 41.0 Å². The Labute approximate surface area is 151 Å². The summed E-state index contributed by atoms with van der Waals surface area (Å²) in [5, 5.41) is 7.74. The predicted octanol–water partition coefficient (Wildman–Crippen LogP) is 2.00. The number of hydrogen-bond acceptors (Lipinski definition) is 8. The van der Waals surface area contributed by atoms with Crippen LogP contribution < -0.4 is 10.6 Å². The summed E-state index contributed by atoms with van der Waals surface area (Å²) in [5.41, 5.74) is 9.60. The summed E-state index contributed by atoms with van der Waals surface area (Å²) in [7, 11) is 3.67. The lowest BCUT2D eigenvalue weighted by molar-refractivity contribution is 0.177. The molecule has 4 rings (SSSR count). The minimum Gasteiger partial charge on any atom is -0.377 e. The Kier molecular flexibility index (Phi) is 4.52. The van der Waals surface area contributed by atoms with Gasteiger partial charge in [0.1, 0.15) is 23.5 Å². The summed E-state index contributed by atoms with van der Waals surface area (Å²) in [5.74, 6) is 1.98. The molecule has 2 heterocycles. The molecule has 0 atom stereocenters. The molecular weight excluding hydrogens is 332 g/mol. The molecular formula is C18H22N6O2. The summed E-state index contributed by atoms with van der Waals surface area (Å²) >= 11 is 0. The van der Waals surface area contributed by atoms with E-state index in [1.807, 2.05) is 25.2 Å². The van der Waals surface area contributed by atoms with Crippen molar-refractivity contribution < 1.29 is 9.37 Å². The number of aromatic nitrogens is 4. The van der Waals surface area contributed by atoms with Gasteiger partial charge in [-0.05, 0) is 40.9 Å². The summed E-state index contributed by atoms with van der Waals surface area (Å²) in [6.45, 7) is 1.08. The average Bonchev–Trinajstić information content (AvgIpc) is 3.06. The highest BCUT2D eigenvalue weighted by molar-refractivity contribution is 5.73. The molecule has 1 aliphatic carbocycles. The van der Waals surface area contributed by atoms with E-state index in [4.69, 9.17) is 15.1 Å². The van der Waals surface area contributed by atoms with Crippen LogP contribution >= 0.6 is 0 Å². The van der Waals surface area contributed by atoms with Crippen molar-refractivity contribution in [3.63, 3.8) is 0 Å². The molecule has 0 radical (unpaired) electrons. The summed E-state index contributed by atoms with van der Waals surface area (Å²) in [6.07, 6.45) is 1.95. The molecule has 136 valence electrons. The second kappa shape index (κ2) is 6.97. The predicted molar refractivity (Wildman–Crippen MR) is 96.6 cm³/mol. The molecule has 1 aromatic carbocycles. The van der Waals surface area contributed by atoms with Crippen molar-refractivity contribution in [1.82, 2.24) is 20.3 Å². The van der Waals surface area contributed by atoms with E-state index >= 15 is 0 Å². The monoisotopic (exact) mass is 354 g/mol. The van der Waals surface area contributed by atoms with Crippen LogP contribution in [0.1, 0.15) is 35.8 Å². The number of methoxy groups -OCH3 is 1. The van der Waals surface area contributed by atoms with Crippen LogP contribution in [0.25, 0.3) is 11.0 Å². The summed E-state index contributed by atoms with van der Waals surface area (Å²) in [4.78, 5) is 11.4. The maximum atomic E-state index is 5.94. The standard InChI is InChI=1S/C18H22N6O2/c1-24(9-11-3-4-14-16(5-11)23-26-22-14)18-8-15(12-6-13(19)7-12)20-17(21-18)10-25-2/h3-5,8,12-13H,6-7,9-10,19H2,1-2H3. The smallest absolute Gasteiger partial charge is 0.156 e.